The van der Waals surface area contributed by atoms with E-state index in [-0.39, 0.29) is 11.5 Å². The van der Waals surface area contributed by atoms with E-state index >= 15 is 0 Å². The van der Waals surface area contributed by atoms with Crippen LogP contribution in [-0.2, 0) is 7.05 Å². The molecule has 1 amide bonds. The van der Waals surface area contributed by atoms with Crippen molar-refractivity contribution in [2.45, 2.75) is 25.7 Å². The average molecular weight is 367 g/mol. The SMILES string of the molecule is Cc1cc(C2CCCNC2)oc(=O)c1C(=O)Nc1ccc2c(c1)nnn2C. The van der Waals surface area contributed by atoms with Gasteiger partial charge in [-0.3, -0.25) is 4.79 Å². The summed E-state index contributed by atoms with van der Waals surface area (Å²) in [6.45, 7) is 3.53. The van der Waals surface area contributed by atoms with Gasteiger partial charge in [0.05, 0.1) is 5.52 Å². The van der Waals surface area contributed by atoms with Crippen LogP contribution in [0.15, 0.2) is 33.5 Å². The number of amides is 1. The molecule has 1 unspecified atom stereocenters. The number of carbonyl (C=O) groups excluding carboxylic acids is 1. The second kappa shape index (κ2) is 6.96. The first-order valence-corrected chi connectivity index (χ1v) is 8.99. The largest absolute Gasteiger partial charge is 0.427 e. The highest BCUT2D eigenvalue weighted by atomic mass is 16.4. The molecule has 0 radical (unpaired) electrons. The fraction of sp³-hybridized carbons (Fsp3) is 0.368. The Balaban J connectivity index is 1.59. The third kappa shape index (κ3) is 3.35. The number of carbonyl (C=O) groups is 1. The minimum atomic E-state index is -0.603. The lowest BCUT2D eigenvalue weighted by molar-refractivity contribution is 0.102. The highest BCUT2D eigenvalue weighted by Crippen LogP contribution is 2.24. The van der Waals surface area contributed by atoms with E-state index in [2.05, 4.69) is 20.9 Å². The molecular formula is C19H21N5O3. The summed E-state index contributed by atoms with van der Waals surface area (Å²) in [4.78, 5) is 25.1. The first-order chi connectivity index (χ1) is 13.0. The van der Waals surface area contributed by atoms with Crippen LogP contribution < -0.4 is 16.3 Å². The maximum absolute atomic E-state index is 12.7. The molecule has 8 nitrogen and oxygen atoms in total. The molecule has 3 heterocycles. The molecule has 4 rings (SSSR count). The Kier molecular flexibility index (Phi) is 4.49. The van der Waals surface area contributed by atoms with Gasteiger partial charge >= 0.3 is 5.63 Å². The molecule has 0 saturated carbocycles. The number of fused-ring (bicyclic) bond motifs is 1. The maximum Gasteiger partial charge on any atom is 0.349 e. The van der Waals surface area contributed by atoms with Crippen LogP contribution >= 0.6 is 0 Å². The van der Waals surface area contributed by atoms with Crippen molar-refractivity contribution in [3.63, 3.8) is 0 Å². The van der Waals surface area contributed by atoms with Crippen LogP contribution in [0.1, 0.15) is 40.4 Å². The van der Waals surface area contributed by atoms with Gasteiger partial charge in [0, 0.05) is 25.2 Å². The Morgan fingerprint density at radius 1 is 1.37 bits per heavy atom. The van der Waals surface area contributed by atoms with Crippen LogP contribution in [0.25, 0.3) is 11.0 Å². The number of aryl methyl sites for hydroxylation is 2. The molecule has 2 aromatic heterocycles. The fourth-order valence-corrected chi connectivity index (χ4v) is 3.51. The average Bonchev–Trinajstić information content (AvgIpc) is 3.02. The second-order valence-electron chi connectivity index (χ2n) is 6.91. The molecule has 1 fully saturated rings. The molecule has 8 heteroatoms. The van der Waals surface area contributed by atoms with Crippen molar-refractivity contribution in [2.24, 2.45) is 7.05 Å². The Labute approximate surface area is 155 Å². The number of hydrogen-bond donors (Lipinski definition) is 2. The number of benzene rings is 1. The molecule has 0 aliphatic carbocycles. The van der Waals surface area contributed by atoms with Crippen molar-refractivity contribution in [3.05, 3.63) is 51.6 Å². The van der Waals surface area contributed by atoms with E-state index in [0.717, 1.165) is 31.4 Å². The van der Waals surface area contributed by atoms with Crippen LogP contribution in [0.3, 0.4) is 0 Å². The zero-order valence-electron chi connectivity index (χ0n) is 15.3. The van der Waals surface area contributed by atoms with E-state index < -0.39 is 11.5 Å². The molecular weight excluding hydrogens is 346 g/mol. The fourth-order valence-electron chi connectivity index (χ4n) is 3.51. The quantitative estimate of drug-likeness (QED) is 0.734. The lowest BCUT2D eigenvalue weighted by atomic mass is 9.95. The number of piperidine rings is 1. The molecule has 27 heavy (non-hydrogen) atoms. The predicted molar refractivity (Wildman–Crippen MR) is 101 cm³/mol. The second-order valence-corrected chi connectivity index (χ2v) is 6.91. The number of nitrogens with one attached hydrogen (secondary N) is 2. The molecule has 3 aromatic rings. The van der Waals surface area contributed by atoms with Crippen molar-refractivity contribution in [3.8, 4) is 0 Å². The van der Waals surface area contributed by atoms with E-state index in [1.165, 1.54) is 0 Å². The molecule has 0 spiro atoms. The Morgan fingerprint density at radius 3 is 2.96 bits per heavy atom. The van der Waals surface area contributed by atoms with Gasteiger partial charge in [-0.1, -0.05) is 5.21 Å². The first-order valence-electron chi connectivity index (χ1n) is 8.99. The van der Waals surface area contributed by atoms with Gasteiger partial charge < -0.3 is 15.1 Å². The highest BCUT2D eigenvalue weighted by molar-refractivity contribution is 6.05. The van der Waals surface area contributed by atoms with E-state index in [4.69, 9.17) is 4.42 Å². The summed E-state index contributed by atoms with van der Waals surface area (Å²) < 4.78 is 7.13. The van der Waals surface area contributed by atoms with E-state index in [1.54, 1.807) is 36.9 Å². The summed E-state index contributed by atoms with van der Waals surface area (Å²) in [5, 5.41) is 14.0. The van der Waals surface area contributed by atoms with Crippen LogP contribution in [0, 0.1) is 6.92 Å². The molecule has 1 atom stereocenters. The van der Waals surface area contributed by atoms with Gasteiger partial charge in [0.1, 0.15) is 16.8 Å². The minimum Gasteiger partial charge on any atom is -0.427 e. The molecule has 1 aliphatic rings. The lowest BCUT2D eigenvalue weighted by Crippen LogP contribution is -2.30. The van der Waals surface area contributed by atoms with Gasteiger partial charge in [-0.05, 0) is 56.1 Å². The van der Waals surface area contributed by atoms with Crippen molar-refractivity contribution >= 4 is 22.6 Å². The van der Waals surface area contributed by atoms with Crippen LogP contribution in [-0.4, -0.2) is 34.0 Å². The zero-order valence-corrected chi connectivity index (χ0v) is 15.3. The smallest absolute Gasteiger partial charge is 0.349 e. The third-order valence-corrected chi connectivity index (χ3v) is 4.96. The van der Waals surface area contributed by atoms with E-state index in [1.807, 2.05) is 6.07 Å². The first kappa shape index (κ1) is 17.4. The normalized spacial score (nSPS) is 17.2. The monoisotopic (exact) mass is 367 g/mol. The molecule has 0 bridgehead atoms. The van der Waals surface area contributed by atoms with Gasteiger partial charge in [-0.15, -0.1) is 5.10 Å². The summed E-state index contributed by atoms with van der Waals surface area (Å²) in [6, 6.07) is 7.10. The van der Waals surface area contributed by atoms with Crippen LogP contribution in [0.4, 0.5) is 5.69 Å². The van der Waals surface area contributed by atoms with Crippen molar-refractivity contribution in [1.29, 1.82) is 0 Å². The molecule has 1 aromatic carbocycles. The van der Waals surface area contributed by atoms with Crippen molar-refractivity contribution in [2.75, 3.05) is 18.4 Å². The van der Waals surface area contributed by atoms with Gasteiger partial charge in [-0.2, -0.15) is 0 Å². The number of anilines is 1. The van der Waals surface area contributed by atoms with E-state index in [0.29, 0.717) is 22.5 Å². The van der Waals surface area contributed by atoms with Gasteiger partial charge in [0.15, 0.2) is 0 Å². The Morgan fingerprint density at radius 2 is 2.22 bits per heavy atom. The third-order valence-electron chi connectivity index (χ3n) is 4.96. The van der Waals surface area contributed by atoms with Crippen LogP contribution in [0.2, 0.25) is 0 Å². The van der Waals surface area contributed by atoms with Gasteiger partial charge in [0.25, 0.3) is 5.91 Å². The topological polar surface area (TPSA) is 102 Å². The van der Waals surface area contributed by atoms with Crippen LogP contribution in [0.5, 0.6) is 0 Å². The lowest BCUT2D eigenvalue weighted by Gasteiger charge is -2.22. The van der Waals surface area contributed by atoms with Crippen molar-refractivity contribution in [1.82, 2.24) is 20.3 Å². The Hall–Kier alpha value is -3.00. The summed E-state index contributed by atoms with van der Waals surface area (Å²) in [5.41, 5.74) is 2.11. The summed E-state index contributed by atoms with van der Waals surface area (Å²) in [6.07, 6.45) is 2.01. The highest BCUT2D eigenvalue weighted by Gasteiger charge is 2.22. The molecule has 1 aliphatic heterocycles. The van der Waals surface area contributed by atoms with Crippen molar-refractivity contribution < 1.29 is 9.21 Å². The molecule has 2 N–H and O–H groups in total. The molecule has 1 saturated heterocycles. The standard InChI is InChI=1S/C19H21N5O3/c1-11-8-16(12-4-3-7-20-10-12)27-19(26)17(11)18(25)21-13-5-6-15-14(9-13)22-23-24(15)2/h5-6,8-9,12,20H,3-4,7,10H2,1-2H3,(H,21,25). The van der Waals surface area contributed by atoms with E-state index in [9.17, 15) is 9.59 Å². The number of nitrogens with zero attached hydrogens (tertiary/aromatic N) is 3. The minimum absolute atomic E-state index is 0.0294. The van der Waals surface area contributed by atoms with Gasteiger partial charge in [-0.25, -0.2) is 9.48 Å². The zero-order chi connectivity index (χ0) is 19.0. The predicted octanol–water partition coefficient (Wildman–Crippen LogP) is 1.95. The number of hydrogen-bond acceptors (Lipinski definition) is 6. The number of aromatic nitrogens is 3. The molecule has 140 valence electrons. The summed E-state index contributed by atoms with van der Waals surface area (Å²) in [7, 11) is 1.80. The Bertz CT molecular complexity index is 1060. The van der Waals surface area contributed by atoms with Gasteiger partial charge in [0.2, 0.25) is 0 Å². The summed E-state index contributed by atoms with van der Waals surface area (Å²) >= 11 is 0. The number of rotatable bonds is 3. The maximum atomic E-state index is 12.7. The summed E-state index contributed by atoms with van der Waals surface area (Å²) in [5.74, 6) is 0.321.